The van der Waals surface area contributed by atoms with E-state index < -0.39 is 11.4 Å². The molecule has 0 saturated heterocycles. The zero-order chi connectivity index (χ0) is 11.2. The van der Waals surface area contributed by atoms with Crippen molar-refractivity contribution < 1.29 is 4.42 Å². The lowest BCUT2D eigenvalue weighted by molar-refractivity contribution is 0.432. The van der Waals surface area contributed by atoms with Crippen molar-refractivity contribution in [2.75, 3.05) is 0 Å². The van der Waals surface area contributed by atoms with Crippen LogP contribution in [0.25, 0.3) is 10.9 Å². The fourth-order valence-corrected chi connectivity index (χ4v) is 2.37. The molecule has 0 N–H and O–H groups in total. The van der Waals surface area contributed by atoms with Crippen molar-refractivity contribution in [2.24, 2.45) is 7.05 Å². The molecule has 0 atom stereocenters. The summed E-state index contributed by atoms with van der Waals surface area (Å²) in [5, 5.41) is 0.406. The van der Waals surface area contributed by atoms with Crippen molar-refractivity contribution >= 4 is 26.8 Å². The Hall–Kier alpha value is -1.36. The Labute approximate surface area is 93.3 Å². The molecule has 0 radical (unpaired) electrons. The van der Waals surface area contributed by atoms with Crippen molar-refractivity contribution in [3.05, 3.63) is 43.1 Å². The van der Waals surface area contributed by atoms with Crippen LogP contribution < -0.4 is 11.4 Å². The molecule has 0 fully saturated rings. The van der Waals surface area contributed by atoms with E-state index in [4.69, 9.17) is 0 Å². The van der Waals surface area contributed by atoms with Gasteiger partial charge in [-0.1, -0.05) is 0 Å². The summed E-state index contributed by atoms with van der Waals surface area (Å²) in [7, 11) is 1.56. The van der Waals surface area contributed by atoms with E-state index in [1.807, 2.05) is 13.0 Å². The van der Waals surface area contributed by atoms with E-state index in [0.717, 1.165) is 5.56 Å². The molecule has 0 bridgehead atoms. The van der Waals surface area contributed by atoms with Crippen LogP contribution in [0.5, 0.6) is 0 Å². The Balaban J connectivity index is 3.17. The minimum Gasteiger partial charge on any atom is -0.372 e. The van der Waals surface area contributed by atoms with Gasteiger partial charge in [-0.2, -0.15) is 0 Å². The molecule has 1 aromatic heterocycles. The number of aromatic nitrogens is 1. The van der Waals surface area contributed by atoms with Gasteiger partial charge in [-0.3, -0.25) is 4.57 Å². The molecule has 0 aliphatic heterocycles. The third kappa shape index (κ3) is 1.52. The first kappa shape index (κ1) is 10.2. The highest BCUT2D eigenvalue weighted by Gasteiger charge is 2.10. The van der Waals surface area contributed by atoms with Crippen LogP contribution in [0.3, 0.4) is 0 Å². The zero-order valence-electron chi connectivity index (χ0n) is 8.20. The van der Waals surface area contributed by atoms with Crippen molar-refractivity contribution in [2.45, 2.75) is 6.92 Å². The number of rotatable bonds is 0. The average Bonchev–Trinajstić information content (AvgIpc) is 2.13. The molecule has 0 aliphatic carbocycles. The molecule has 1 heterocycles. The molecule has 0 amide bonds. The van der Waals surface area contributed by atoms with Gasteiger partial charge in [-0.15, -0.1) is 0 Å². The van der Waals surface area contributed by atoms with Crippen LogP contribution in [0.1, 0.15) is 5.56 Å². The standard InChI is InChI=1S/C10H8BrNO3/c1-5-3-6-8(7(11)4-5)12(2)10(14)15-9(6)13/h3-4H,1-2H3. The average molecular weight is 270 g/mol. The van der Waals surface area contributed by atoms with Gasteiger partial charge in [0.2, 0.25) is 0 Å². The quantitative estimate of drug-likeness (QED) is 0.730. The summed E-state index contributed by atoms with van der Waals surface area (Å²) < 4.78 is 6.58. The molecule has 2 aromatic rings. The van der Waals surface area contributed by atoms with E-state index in [-0.39, 0.29) is 0 Å². The fourth-order valence-electron chi connectivity index (χ4n) is 1.53. The van der Waals surface area contributed by atoms with E-state index in [0.29, 0.717) is 15.4 Å². The van der Waals surface area contributed by atoms with Gasteiger partial charge in [-0.25, -0.2) is 9.59 Å². The lowest BCUT2D eigenvalue weighted by atomic mass is 10.2. The van der Waals surface area contributed by atoms with E-state index >= 15 is 0 Å². The maximum Gasteiger partial charge on any atom is 0.422 e. The van der Waals surface area contributed by atoms with Crippen LogP contribution in [-0.4, -0.2) is 4.57 Å². The van der Waals surface area contributed by atoms with Gasteiger partial charge < -0.3 is 4.42 Å². The number of nitrogens with zero attached hydrogens (tertiary/aromatic N) is 1. The molecule has 0 aliphatic rings. The summed E-state index contributed by atoms with van der Waals surface area (Å²) >= 11 is 3.33. The minimum absolute atomic E-state index is 0.406. The number of aryl methyl sites for hydroxylation is 2. The number of fused-ring (bicyclic) bond motifs is 1. The van der Waals surface area contributed by atoms with Gasteiger partial charge in [0, 0.05) is 11.5 Å². The smallest absolute Gasteiger partial charge is 0.372 e. The zero-order valence-corrected chi connectivity index (χ0v) is 9.79. The SMILES string of the molecule is Cc1cc(Br)c2c(c1)c(=O)oc(=O)n2C. The number of benzene rings is 1. The number of hydrogen-bond donors (Lipinski definition) is 0. The summed E-state index contributed by atoms with van der Waals surface area (Å²) in [6.45, 7) is 1.87. The minimum atomic E-state index is -0.656. The normalized spacial score (nSPS) is 10.9. The Kier molecular flexibility index (Phi) is 2.26. The van der Waals surface area contributed by atoms with Crippen LogP contribution in [0.4, 0.5) is 0 Å². The van der Waals surface area contributed by atoms with Gasteiger partial charge in [-0.05, 0) is 40.5 Å². The molecule has 5 heteroatoms. The summed E-state index contributed by atoms with van der Waals surface area (Å²) in [5.74, 6) is -0.656. The van der Waals surface area contributed by atoms with Crippen LogP contribution in [0, 0.1) is 6.92 Å². The first-order valence-electron chi connectivity index (χ1n) is 4.30. The lowest BCUT2D eigenvalue weighted by Gasteiger charge is -2.05. The maximum absolute atomic E-state index is 11.5. The van der Waals surface area contributed by atoms with Gasteiger partial charge in [0.05, 0.1) is 10.9 Å². The van der Waals surface area contributed by atoms with Gasteiger partial charge in [0.25, 0.3) is 0 Å². The van der Waals surface area contributed by atoms with E-state index in [1.165, 1.54) is 4.57 Å². The second-order valence-electron chi connectivity index (χ2n) is 3.36. The van der Waals surface area contributed by atoms with Crippen molar-refractivity contribution in [3.8, 4) is 0 Å². The second-order valence-corrected chi connectivity index (χ2v) is 4.21. The van der Waals surface area contributed by atoms with Crippen LogP contribution in [-0.2, 0) is 7.05 Å². The van der Waals surface area contributed by atoms with Crippen molar-refractivity contribution in [1.29, 1.82) is 0 Å². The Morgan fingerprint density at radius 3 is 2.67 bits per heavy atom. The van der Waals surface area contributed by atoms with E-state index in [9.17, 15) is 9.59 Å². The first-order valence-corrected chi connectivity index (χ1v) is 5.10. The summed E-state index contributed by atoms with van der Waals surface area (Å²) in [6, 6.07) is 3.55. The molecule has 1 aromatic carbocycles. The molecule has 2 rings (SSSR count). The monoisotopic (exact) mass is 269 g/mol. The van der Waals surface area contributed by atoms with E-state index in [1.54, 1.807) is 13.1 Å². The molecule has 0 unspecified atom stereocenters. The highest BCUT2D eigenvalue weighted by molar-refractivity contribution is 9.10. The second kappa shape index (κ2) is 3.34. The van der Waals surface area contributed by atoms with E-state index in [2.05, 4.69) is 20.3 Å². The van der Waals surface area contributed by atoms with Crippen LogP contribution in [0.15, 0.2) is 30.6 Å². The third-order valence-electron chi connectivity index (χ3n) is 2.22. The molecule has 0 saturated carbocycles. The molecular weight excluding hydrogens is 262 g/mol. The Bertz CT molecular complexity index is 654. The predicted octanol–water partition coefficient (Wildman–Crippen LogP) is 1.56. The third-order valence-corrected chi connectivity index (χ3v) is 2.82. The van der Waals surface area contributed by atoms with Crippen molar-refractivity contribution in [1.82, 2.24) is 4.57 Å². The van der Waals surface area contributed by atoms with Crippen LogP contribution in [0.2, 0.25) is 0 Å². The van der Waals surface area contributed by atoms with Crippen LogP contribution >= 0.6 is 15.9 Å². The molecule has 15 heavy (non-hydrogen) atoms. The predicted molar refractivity (Wildman–Crippen MR) is 60.2 cm³/mol. The number of halogens is 1. The largest absolute Gasteiger partial charge is 0.422 e. The molecule has 78 valence electrons. The molecule has 0 spiro atoms. The highest BCUT2D eigenvalue weighted by Crippen LogP contribution is 2.21. The maximum atomic E-state index is 11.5. The van der Waals surface area contributed by atoms with Gasteiger partial charge in [0.15, 0.2) is 0 Å². The topological polar surface area (TPSA) is 52.2 Å². The fraction of sp³-hybridized carbons (Fsp3) is 0.200. The first-order chi connectivity index (χ1) is 7.00. The Morgan fingerprint density at radius 1 is 1.33 bits per heavy atom. The molecular formula is C10H8BrNO3. The summed E-state index contributed by atoms with van der Waals surface area (Å²) in [5.41, 5.74) is 0.889. The summed E-state index contributed by atoms with van der Waals surface area (Å²) in [4.78, 5) is 22.7. The van der Waals surface area contributed by atoms with Crippen molar-refractivity contribution in [3.63, 3.8) is 0 Å². The van der Waals surface area contributed by atoms with Gasteiger partial charge in [0.1, 0.15) is 0 Å². The lowest BCUT2D eigenvalue weighted by Crippen LogP contribution is -2.22. The highest BCUT2D eigenvalue weighted by atomic mass is 79.9. The number of hydrogen-bond acceptors (Lipinski definition) is 3. The summed E-state index contributed by atoms with van der Waals surface area (Å²) in [6.07, 6.45) is 0. The Morgan fingerprint density at radius 2 is 2.00 bits per heavy atom. The molecule has 4 nitrogen and oxygen atoms in total. The van der Waals surface area contributed by atoms with Gasteiger partial charge >= 0.3 is 11.4 Å².